The van der Waals surface area contributed by atoms with Crippen molar-refractivity contribution in [2.75, 3.05) is 20.6 Å². The summed E-state index contributed by atoms with van der Waals surface area (Å²) in [5.41, 5.74) is 0. The minimum Gasteiger partial charge on any atom is -0.351 e. The molecular weight excluding hydrogens is 288 g/mol. The second-order valence-electron chi connectivity index (χ2n) is 4.50. The molecule has 0 saturated heterocycles. The number of thiazole rings is 1. The monoisotopic (exact) mass is 308 g/mol. The number of hydrogen-bond acceptors (Lipinski definition) is 4. The summed E-state index contributed by atoms with van der Waals surface area (Å²) < 4.78 is 0. The highest BCUT2D eigenvalue weighted by Gasteiger charge is 2.07. The smallest absolute Gasteiger partial charge is 0.193 e. The van der Waals surface area contributed by atoms with Crippen LogP contribution in [0.25, 0.3) is 0 Å². The fourth-order valence-corrected chi connectivity index (χ4v) is 3.31. The Morgan fingerprint density at radius 2 is 2.30 bits per heavy atom. The van der Waals surface area contributed by atoms with E-state index in [9.17, 15) is 0 Å². The van der Waals surface area contributed by atoms with Gasteiger partial charge in [-0.3, -0.25) is 4.99 Å². The van der Waals surface area contributed by atoms with Gasteiger partial charge in [0.05, 0.1) is 11.6 Å². The highest BCUT2D eigenvalue weighted by molar-refractivity contribution is 7.11. The van der Waals surface area contributed by atoms with Gasteiger partial charge in [0.25, 0.3) is 0 Å². The van der Waals surface area contributed by atoms with Crippen molar-refractivity contribution in [2.24, 2.45) is 4.99 Å². The van der Waals surface area contributed by atoms with Crippen molar-refractivity contribution in [2.45, 2.75) is 19.9 Å². The molecule has 0 aliphatic heterocycles. The van der Waals surface area contributed by atoms with E-state index in [-0.39, 0.29) is 0 Å². The number of nitrogens with one attached hydrogen (secondary N) is 1. The van der Waals surface area contributed by atoms with Crippen LogP contribution in [-0.2, 0) is 13.0 Å². The lowest BCUT2D eigenvalue weighted by Crippen LogP contribution is -2.39. The number of rotatable bonds is 5. The van der Waals surface area contributed by atoms with Crippen molar-refractivity contribution < 1.29 is 0 Å². The molecule has 0 spiro atoms. The van der Waals surface area contributed by atoms with Crippen LogP contribution in [0.4, 0.5) is 0 Å². The Morgan fingerprint density at radius 1 is 1.45 bits per heavy atom. The van der Waals surface area contributed by atoms with Gasteiger partial charge in [0.1, 0.15) is 0 Å². The molecule has 2 aromatic heterocycles. The minimum absolute atomic E-state index is 0.779. The maximum absolute atomic E-state index is 4.33. The number of hydrogen-bond donors (Lipinski definition) is 1. The van der Waals surface area contributed by atoms with E-state index < -0.39 is 0 Å². The first-order chi connectivity index (χ1) is 9.69. The summed E-state index contributed by atoms with van der Waals surface area (Å²) in [6, 6.07) is 4.27. The van der Waals surface area contributed by atoms with Crippen LogP contribution >= 0.6 is 22.7 Å². The minimum atomic E-state index is 0.779. The lowest BCUT2D eigenvalue weighted by Gasteiger charge is -2.21. The molecule has 0 radical (unpaired) electrons. The number of guanidine groups is 1. The van der Waals surface area contributed by atoms with E-state index in [0.29, 0.717) is 0 Å². The third-order valence-corrected chi connectivity index (χ3v) is 4.79. The lowest BCUT2D eigenvalue weighted by molar-refractivity contribution is 0.487. The summed E-state index contributed by atoms with van der Waals surface area (Å²) >= 11 is 3.52. The van der Waals surface area contributed by atoms with E-state index in [1.165, 1.54) is 9.75 Å². The molecule has 0 atom stereocenters. The van der Waals surface area contributed by atoms with Crippen LogP contribution in [0.5, 0.6) is 0 Å². The predicted octanol–water partition coefficient (Wildman–Crippen LogP) is 2.76. The van der Waals surface area contributed by atoms with Crippen LogP contribution < -0.4 is 5.32 Å². The Labute approximate surface area is 128 Å². The van der Waals surface area contributed by atoms with Crippen LogP contribution in [0.3, 0.4) is 0 Å². The Bertz CT molecular complexity index is 545. The van der Waals surface area contributed by atoms with Crippen LogP contribution in [0.1, 0.15) is 14.8 Å². The van der Waals surface area contributed by atoms with E-state index >= 15 is 0 Å². The molecule has 2 heterocycles. The number of aromatic nitrogens is 1. The van der Waals surface area contributed by atoms with Gasteiger partial charge in [-0.05, 0) is 24.8 Å². The summed E-state index contributed by atoms with van der Waals surface area (Å²) in [6.07, 6.45) is 2.97. The Morgan fingerprint density at radius 3 is 2.90 bits per heavy atom. The number of aliphatic imine (C=N–C) groups is 1. The Kier molecular flexibility index (Phi) is 5.55. The van der Waals surface area contributed by atoms with E-state index in [1.54, 1.807) is 22.7 Å². The number of nitrogens with zero attached hydrogens (tertiary/aromatic N) is 3. The van der Waals surface area contributed by atoms with Crippen molar-refractivity contribution in [3.05, 3.63) is 38.5 Å². The van der Waals surface area contributed by atoms with Gasteiger partial charge >= 0.3 is 0 Å². The lowest BCUT2D eigenvalue weighted by atomic mass is 10.3. The highest BCUT2D eigenvalue weighted by atomic mass is 32.1. The summed E-state index contributed by atoms with van der Waals surface area (Å²) in [4.78, 5) is 13.4. The van der Waals surface area contributed by atoms with Gasteiger partial charge < -0.3 is 10.2 Å². The summed E-state index contributed by atoms with van der Waals surface area (Å²) in [7, 11) is 3.89. The topological polar surface area (TPSA) is 40.5 Å². The van der Waals surface area contributed by atoms with Gasteiger partial charge in [0.2, 0.25) is 0 Å². The molecule has 0 saturated carbocycles. The van der Waals surface area contributed by atoms with Crippen molar-refractivity contribution in [1.82, 2.24) is 15.2 Å². The van der Waals surface area contributed by atoms with E-state index in [2.05, 4.69) is 44.8 Å². The normalized spacial score (nSPS) is 11.7. The Hall–Kier alpha value is -1.40. The highest BCUT2D eigenvalue weighted by Crippen LogP contribution is 2.11. The molecule has 6 heteroatoms. The average molecular weight is 308 g/mol. The van der Waals surface area contributed by atoms with E-state index in [0.717, 1.165) is 30.5 Å². The molecule has 0 aliphatic rings. The zero-order valence-corrected chi connectivity index (χ0v) is 13.7. The van der Waals surface area contributed by atoms with Gasteiger partial charge in [-0.15, -0.1) is 22.7 Å². The quantitative estimate of drug-likeness (QED) is 0.682. The fourth-order valence-electron chi connectivity index (χ4n) is 1.88. The maximum Gasteiger partial charge on any atom is 0.193 e. The fraction of sp³-hybridized carbons (Fsp3) is 0.429. The standard InChI is InChI=1S/C14H20N4S2/c1-11-16-9-13(20-11)10-17-14(15-2)18(3)7-6-12-5-4-8-19-12/h4-5,8-9H,6-7,10H2,1-3H3,(H,15,17). The van der Waals surface area contributed by atoms with Gasteiger partial charge in [0, 0.05) is 36.6 Å². The second-order valence-corrected chi connectivity index (χ2v) is 6.85. The largest absolute Gasteiger partial charge is 0.351 e. The molecule has 0 unspecified atom stereocenters. The predicted molar refractivity (Wildman–Crippen MR) is 87.7 cm³/mol. The molecule has 2 rings (SSSR count). The molecule has 0 aliphatic carbocycles. The molecule has 4 nitrogen and oxygen atoms in total. The van der Waals surface area contributed by atoms with E-state index in [1.807, 2.05) is 20.2 Å². The zero-order valence-electron chi connectivity index (χ0n) is 12.1. The number of thiophene rings is 1. The summed E-state index contributed by atoms with van der Waals surface area (Å²) in [5.74, 6) is 0.924. The SMILES string of the molecule is CN=C(NCc1cnc(C)s1)N(C)CCc1cccs1. The molecule has 1 N–H and O–H groups in total. The zero-order chi connectivity index (χ0) is 14.4. The van der Waals surface area contributed by atoms with Crippen LogP contribution in [0, 0.1) is 6.92 Å². The molecule has 2 aromatic rings. The van der Waals surface area contributed by atoms with Gasteiger partial charge in [0.15, 0.2) is 5.96 Å². The van der Waals surface area contributed by atoms with Crippen LogP contribution in [0.15, 0.2) is 28.7 Å². The Balaban J connectivity index is 1.81. The molecule has 108 valence electrons. The molecule has 0 bridgehead atoms. The summed E-state index contributed by atoms with van der Waals surface area (Å²) in [5, 5.41) is 6.60. The van der Waals surface area contributed by atoms with Crippen LogP contribution in [-0.4, -0.2) is 36.5 Å². The molecule has 0 amide bonds. The molecule has 20 heavy (non-hydrogen) atoms. The maximum atomic E-state index is 4.33. The first-order valence-corrected chi connectivity index (χ1v) is 8.24. The average Bonchev–Trinajstić information content (AvgIpc) is 3.08. The van der Waals surface area contributed by atoms with E-state index in [4.69, 9.17) is 0 Å². The van der Waals surface area contributed by atoms with Crippen molar-refractivity contribution in [3.8, 4) is 0 Å². The summed E-state index contributed by atoms with van der Waals surface area (Å²) in [6.45, 7) is 3.76. The molecule has 0 fully saturated rings. The van der Waals surface area contributed by atoms with Crippen LogP contribution in [0.2, 0.25) is 0 Å². The first-order valence-electron chi connectivity index (χ1n) is 6.54. The third kappa shape index (κ3) is 4.31. The van der Waals surface area contributed by atoms with Gasteiger partial charge in [-0.25, -0.2) is 4.98 Å². The van der Waals surface area contributed by atoms with Crippen molar-refractivity contribution in [3.63, 3.8) is 0 Å². The first kappa shape index (κ1) is 15.0. The molecule has 0 aromatic carbocycles. The molecular formula is C14H20N4S2. The van der Waals surface area contributed by atoms with Gasteiger partial charge in [-0.2, -0.15) is 0 Å². The number of aryl methyl sites for hydroxylation is 1. The van der Waals surface area contributed by atoms with Crippen molar-refractivity contribution in [1.29, 1.82) is 0 Å². The third-order valence-electron chi connectivity index (χ3n) is 2.94. The van der Waals surface area contributed by atoms with Crippen molar-refractivity contribution >= 4 is 28.6 Å². The second kappa shape index (κ2) is 7.40. The number of likely N-dealkylation sites (N-methyl/N-ethyl adjacent to an activating group) is 1. The van der Waals surface area contributed by atoms with Gasteiger partial charge in [-0.1, -0.05) is 6.07 Å².